The van der Waals surface area contributed by atoms with E-state index in [1.165, 1.54) is 26.5 Å². The van der Waals surface area contributed by atoms with Gasteiger partial charge in [-0.3, -0.25) is 4.79 Å². The molecule has 0 aliphatic carbocycles. The van der Waals surface area contributed by atoms with Crippen LogP contribution in [0.1, 0.15) is 11.1 Å². The summed E-state index contributed by atoms with van der Waals surface area (Å²) < 4.78 is 21.7. The molecule has 2 aromatic rings. The highest BCUT2D eigenvalue weighted by Crippen LogP contribution is 2.19. The molecule has 0 radical (unpaired) electrons. The summed E-state index contributed by atoms with van der Waals surface area (Å²) in [5.41, 5.74) is 1.32. The molecule has 1 atom stereocenters. The van der Waals surface area contributed by atoms with Crippen LogP contribution in [0.15, 0.2) is 36.5 Å². The zero-order chi connectivity index (χ0) is 21.3. The van der Waals surface area contributed by atoms with E-state index in [1.807, 2.05) is 18.2 Å². The lowest BCUT2D eigenvalue weighted by molar-refractivity contribution is -0.134. The van der Waals surface area contributed by atoms with Crippen LogP contribution < -0.4 is 14.2 Å². The van der Waals surface area contributed by atoms with Gasteiger partial charge in [0.05, 0.1) is 32.9 Å². The van der Waals surface area contributed by atoms with Gasteiger partial charge in [-0.25, -0.2) is 4.98 Å². The highest BCUT2D eigenvalue weighted by Gasteiger charge is 2.23. The van der Waals surface area contributed by atoms with Gasteiger partial charge in [0.15, 0.2) is 0 Å². The maximum atomic E-state index is 12.6. The Hall–Kier alpha value is -3.57. The number of benzene rings is 1. The van der Waals surface area contributed by atoms with E-state index in [0.717, 1.165) is 5.56 Å². The molecule has 1 unspecified atom stereocenters. The maximum absolute atomic E-state index is 12.6. The summed E-state index contributed by atoms with van der Waals surface area (Å²) in [5, 5.41) is 0. The van der Waals surface area contributed by atoms with Gasteiger partial charge in [0.2, 0.25) is 11.8 Å². The summed E-state index contributed by atoms with van der Waals surface area (Å²) in [6, 6.07) is 7.49. The van der Waals surface area contributed by atoms with Crippen molar-refractivity contribution < 1.29 is 23.7 Å². The number of carbonyl (C=O) groups excluding carboxylic acids is 1. The monoisotopic (exact) mass is 409 g/mol. The average molecular weight is 409 g/mol. The average Bonchev–Trinajstić information content (AvgIpc) is 2.81. The van der Waals surface area contributed by atoms with E-state index in [4.69, 9.17) is 25.4 Å². The summed E-state index contributed by atoms with van der Waals surface area (Å²) in [7, 11) is 2.96. The van der Waals surface area contributed by atoms with Crippen molar-refractivity contribution in [1.82, 2.24) is 14.9 Å². The molecule has 0 saturated carbocycles. The quantitative estimate of drug-likeness (QED) is 0.509. The zero-order valence-electron chi connectivity index (χ0n) is 16.9. The zero-order valence-corrected chi connectivity index (χ0v) is 16.9. The second-order valence-corrected chi connectivity index (χ2v) is 6.41. The van der Waals surface area contributed by atoms with E-state index < -0.39 is 0 Å². The number of hydrogen-bond acceptors (Lipinski definition) is 7. The highest BCUT2D eigenvalue weighted by molar-refractivity contribution is 5.92. The molecule has 1 fully saturated rings. The van der Waals surface area contributed by atoms with Gasteiger partial charge in [-0.15, -0.1) is 6.42 Å². The number of terminal acetylenes is 1. The Morgan fingerprint density at radius 1 is 1.40 bits per heavy atom. The lowest BCUT2D eigenvalue weighted by Gasteiger charge is -2.32. The van der Waals surface area contributed by atoms with E-state index in [0.29, 0.717) is 43.5 Å². The van der Waals surface area contributed by atoms with Gasteiger partial charge in [0, 0.05) is 24.4 Å². The van der Waals surface area contributed by atoms with Gasteiger partial charge in [-0.05, 0) is 24.3 Å². The first-order chi connectivity index (χ1) is 14.6. The molecule has 1 amide bonds. The van der Waals surface area contributed by atoms with Crippen LogP contribution in [0.2, 0.25) is 0 Å². The normalized spacial score (nSPS) is 16.2. The number of nitrogens with zero attached hydrogens (tertiary/aromatic N) is 3. The molecule has 8 nitrogen and oxygen atoms in total. The predicted molar refractivity (Wildman–Crippen MR) is 110 cm³/mol. The molecule has 1 aromatic carbocycles. The molecule has 1 aliphatic rings. The second kappa shape index (κ2) is 10.3. The summed E-state index contributed by atoms with van der Waals surface area (Å²) in [4.78, 5) is 22.5. The third kappa shape index (κ3) is 5.49. The highest BCUT2D eigenvalue weighted by atomic mass is 16.5. The Kier molecular flexibility index (Phi) is 7.24. The van der Waals surface area contributed by atoms with E-state index >= 15 is 0 Å². The van der Waals surface area contributed by atoms with Crippen molar-refractivity contribution in [3.8, 4) is 30.0 Å². The fraction of sp³-hybridized carbons (Fsp3) is 0.318. The largest absolute Gasteiger partial charge is 0.491 e. The van der Waals surface area contributed by atoms with E-state index in [1.54, 1.807) is 17.0 Å². The fourth-order valence-corrected chi connectivity index (χ4v) is 2.89. The molecule has 0 bridgehead atoms. The minimum absolute atomic E-state index is 0.143. The fourth-order valence-electron chi connectivity index (χ4n) is 2.89. The number of morpholine rings is 1. The Morgan fingerprint density at radius 3 is 3.03 bits per heavy atom. The molecule has 3 rings (SSSR count). The first kappa shape index (κ1) is 21.1. The van der Waals surface area contributed by atoms with Gasteiger partial charge in [0.1, 0.15) is 18.5 Å². The van der Waals surface area contributed by atoms with Crippen LogP contribution in [-0.2, 0) is 9.53 Å². The topological polar surface area (TPSA) is 83.0 Å². The van der Waals surface area contributed by atoms with E-state index in [2.05, 4.69) is 15.9 Å². The Balaban J connectivity index is 1.57. The van der Waals surface area contributed by atoms with Crippen LogP contribution in [0.4, 0.5) is 0 Å². The molecular weight excluding hydrogens is 386 g/mol. The van der Waals surface area contributed by atoms with E-state index in [9.17, 15) is 4.79 Å². The molecule has 2 heterocycles. The molecule has 0 spiro atoms. The summed E-state index contributed by atoms with van der Waals surface area (Å²) in [5.74, 6) is 3.43. The molecule has 8 heteroatoms. The minimum Gasteiger partial charge on any atom is -0.491 e. The van der Waals surface area contributed by atoms with Crippen LogP contribution in [0.5, 0.6) is 17.6 Å². The van der Waals surface area contributed by atoms with Gasteiger partial charge >= 0.3 is 6.01 Å². The smallest absolute Gasteiger partial charge is 0.319 e. The standard InChI is InChI=1S/C22H23N3O5/c1-4-16-6-5-7-18(12-16)30-15-19-14-25(10-11-29-19)20(26)9-8-17-13-23-22(28-3)24-21(17)27-2/h1,5-9,12-13,19H,10-11,14-15H2,2-3H3/b9-8+. The molecule has 1 aliphatic heterocycles. The third-order valence-corrected chi connectivity index (χ3v) is 4.43. The Morgan fingerprint density at radius 2 is 2.27 bits per heavy atom. The van der Waals surface area contributed by atoms with Gasteiger partial charge in [0.25, 0.3) is 0 Å². The molecule has 156 valence electrons. The lowest BCUT2D eigenvalue weighted by Crippen LogP contribution is -2.47. The van der Waals surface area contributed by atoms with Crippen molar-refractivity contribution in [3.05, 3.63) is 47.7 Å². The summed E-state index contributed by atoms with van der Waals surface area (Å²) >= 11 is 0. The van der Waals surface area contributed by atoms with Crippen LogP contribution in [0.3, 0.4) is 0 Å². The van der Waals surface area contributed by atoms with Crippen molar-refractivity contribution >= 4 is 12.0 Å². The minimum atomic E-state index is -0.232. The third-order valence-electron chi connectivity index (χ3n) is 4.43. The predicted octanol–water partition coefficient (Wildman–Crippen LogP) is 1.79. The van der Waals surface area contributed by atoms with Crippen molar-refractivity contribution in [2.75, 3.05) is 40.5 Å². The van der Waals surface area contributed by atoms with Crippen molar-refractivity contribution in [2.24, 2.45) is 0 Å². The first-order valence-corrected chi connectivity index (χ1v) is 9.36. The van der Waals surface area contributed by atoms with Crippen LogP contribution in [0, 0.1) is 12.3 Å². The van der Waals surface area contributed by atoms with Crippen molar-refractivity contribution in [2.45, 2.75) is 6.10 Å². The number of methoxy groups -OCH3 is 2. The van der Waals surface area contributed by atoms with Crippen LogP contribution in [0.25, 0.3) is 6.08 Å². The molecular formula is C22H23N3O5. The molecule has 1 saturated heterocycles. The maximum Gasteiger partial charge on any atom is 0.319 e. The SMILES string of the molecule is C#Cc1cccc(OCC2CN(C(=O)/C=C/c3cnc(OC)nc3OC)CCO2)c1. The van der Waals surface area contributed by atoms with Crippen molar-refractivity contribution in [1.29, 1.82) is 0 Å². The number of hydrogen-bond donors (Lipinski definition) is 0. The number of rotatable bonds is 7. The number of carbonyl (C=O) groups is 1. The van der Waals surface area contributed by atoms with Gasteiger partial charge in [-0.2, -0.15) is 4.98 Å². The van der Waals surface area contributed by atoms with Crippen LogP contribution in [-0.4, -0.2) is 67.4 Å². The van der Waals surface area contributed by atoms with Gasteiger partial charge < -0.3 is 23.8 Å². The summed E-state index contributed by atoms with van der Waals surface area (Å²) in [6.45, 7) is 1.69. The molecule has 1 aromatic heterocycles. The number of aromatic nitrogens is 2. The van der Waals surface area contributed by atoms with Crippen LogP contribution >= 0.6 is 0 Å². The lowest BCUT2D eigenvalue weighted by atomic mass is 10.2. The Bertz CT molecular complexity index is 954. The Labute approximate surface area is 175 Å². The van der Waals surface area contributed by atoms with E-state index in [-0.39, 0.29) is 18.0 Å². The summed E-state index contributed by atoms with van der Waals surface area (Å²) in [6.07, 6.45) is 9.80. The number of amides is 1. The molecule has 30 heavy (non-hydrogen) atoms. The first-order valence-electron chi connectivity index (χ1n) is 9.36. The second-order valence-electron chi connectivity index (χ2n) is 6.41. The molecule has 0 N–H and O–H groups in total. The van der Waals surface area contributed by atoms with Gasteiger partial charge in [-0.1, -0.05) is 12.0 Å². The number of ether oxygens (including phenoxy) is 4. The van der Waals surface area contributed by atoms with Crippen molar-refractivity contribution in [3.63, 3.8) is 0 Å².